The quantitative estimate of drug-likeness (QED) is 0.386. The molecule has 0 fully saturated rings. The van der Waals surface area contributed by atoms with Crippen LogP contribution in [0.25, 0.3) is 0 Å². The highest BCUT2D eigenvalue weighted by Crippen LogP contribution is 2.34. The molecule has 0 aliphatic carbocycles. The number of rotatable bonds is 12. The largest absolute Gasteiger partial charge is 0.498 e. The molecule has 0 heterocycles. The Morgan fingerprint density at radius 3 is 1.59 bits per heavy atom. The minimum atomic E-state index is -0.200. The lowest BCUT2D eigenvalue weighted by atomic mass is 9.78. The van der Waals surface area contributed by atoms with Crippen molar-refractivity contribution in [1.82, 2.24) is 0 Å². The van der Waals surface area contributed by atoms with Crippen LogP contribution in [0.1, 0.15) is 25.0 Å². The summed E-state index contributed by atoms with van der Waals surface area (Å²) in [5.74, 6) is 1.64. The monoisotopic (exact) mass is 368 g/mol. The predicted octanol–water partition coefficient (Wildman–Crippen LogP) is 5.09. The zero-order chi connectivity index (χ0) is 19.5. The second-order valence-electron chi connectivity index (χ2n) is 6.45. The number of hydrogen-bond acceptors (Lipinski definition) is 4. The van der Waals surface area contributed by atoms with Crippen LogP contribution in [0.4, 0.5) is 0 Å². The minimum absolute atomic E-state index is 0.200. The van der Waals surface area contributed by atoms with Crippen molar-refractivity contribution in [1.29, 1.82) is 0 Å². The van der Waals surface area contributed by atoms with E-state index in [2.05, 4.69) is 51.3 Å². The van der Waals surface area contributed by atoms with Crippen molar-refractivity contribution < 1.29 is 18.9 Å². The van der Waals surface area contributed by atoms with Gasteiger partial charge in [-0.1, -0.05) is 51.3 Å². The Kier molecular flexibility index (Phi) is 7.80. The van der Waals surface area contributed by atoms with Gasteiger partial charge in [-0.15, -0.1) is 0 Å². The highest BCUT2D eigenvalue weighted by molar-refractivity contribution is 5.43. The summed E-state index contributed by atoms with van der Waals surface area (Å²) < 4.78 is 21.7. The molecule has 0 unspecified atom stereocenters. The van der Waals surface area contributed by atoms with E-state index in [1.54, 1.807) is 0 Å². The van der Waals surface area contributed by atoms with Gasteiger partial charge in [0.2, 0.25) is 0 Å². The summed E-state index contributed by atoms with van der Waals surface area (Å²) in [5, 5.41) is 0. The third-order valence-electron chi connectivity index (χ3n) is 4.29. The first-order valence-electron chi connectivity index (χ1n) is 8.99. The first-order chi connectivity index (χ1) is 13.1. The van der Waals surface area contributed by atoms with Gasteiger partial charge in [-0.05, 0) is 35.4 Å². The van der Waals surface area contributed by atoms with Crippen LogP contribution in [-0.4, -0.2) is 26.4 Å². The lowest BCUT2D eigenvalue weighted by Crippen LogP contribution is -2.19. The zero-order valence-corrected chi connectivity index (χ0v) is 16.1. The molecule has 0 radical (unpaired) electrons. The second kappa shape index (κ2) is 10.3. The predicted molar refractivity (Wildman–Crippen MR) is 108 cm³/mol. The molecule has 0 spiro atoms. The molecule has 0 aromatic heterocycles. The first kappa shape index (κ1) is 20.4. The van der Waals surface area contributed by atoms with Gasteiger partial charge in [0.1, 0.15) is 37.9 Å². The van der Waals surface area contributed by atoms with Crippen LogP contribution in [-0.2, 0) is 14.9 Å². The molecule has 0 atom stereocenters. The molecular formula is C23H28O4. The minimum Gasteiger partial charge on any atom is -0.498 e. The van der Waals surface area contributed by atoms with E-state index in [-0.39, 0.29) is 5.41 Å². The van der Waals surface area contributed by atoms with Crippen LogP contribution < -0.4 is 9.47 Å². The van der Waals surface area contributed by atoms with Gasteiger partial charge in [-0.25, -0.2) is 0 Å². The molecule has 0 saturated carbocycles. The molecule has 2 aromatic carbocycles. The molecule has 0 bridgehead atoms. The van der Waals surface area contributed by atoms with Crippen molar-refractivity contribution in [3.8, 4) is 11.5 Å². The van der Waals surface area contributed by atoms with E-state index in [0.717, 1.165) is 22.6 Å². The van der Waals surface area contributed by atoms with Crippen molar-refractivity contribution in [2.24, 2.45) is 0 Å². The molecular weight excluding hydrogens is 340 g/mol. The van der Waals surface area contributed by atoms with Gasteiger partial charge in [-0.3, -0.25) is 0 Å². The third kappa shape index (κ3) is 6.10. The van der Waals surface area contributed by atoms with Crippen molar-refractivity contribution >= 4 is 0 Å². The van der Waals surface area contributed by atoms with E-state index < -0.39 is 0 Å². The summed E-state index contributed by atoms with van der Waals surface area (Å²) >= 11 is 0. The van der Waals surface area contributed by atoms with Crippen LogP contribution >= 0.6 is 0 Å². The Labute approximate surface area is 162 Å². The van der Waals surface area contributed by atoms with Gasteiger partial charge in [0.15, 0.2) is 0 Å². The Hall–Kier alpha value is -2.88. The SMILES string of the molecule is C=COCCOc1cccc(C(C)(C)c2cccc(OCCOC=C)c2)c1. The summed E-state index contributed by atoms with van der Waals surface area (Å²) in [6, 6.07) is 16.3. The van der Waals surface area contributed by atoms with Crippen LogP contribution in [0.5, 0.6) is 11.5 Å². The highest BCUT2D eigenvalue weighted by atomic mass is 16.5. The fraction of sp³-hybridized carbons (Fsp3) is 0.304. The Morgan fingerprint density at radius 2 is 1.19 bits per heavy atom. The second-order valence-corrected chi connectivity index (χ2v) is 6.45. The van der Waals surface area contributed by atoms with Gasteiger partial charge in [0.25, 0.3) is 0 Å². The van der Waals surface area contributed by atoms with Crippen LogP contribution in [0.3, 0.4) is 0 Å². The standard InChI is InChI=1S/C23H28O4/c1-5-24-13-15-26-21-11-7-9-19(17-21)23(3,4)20-10-8-12-22(18-20)27-16-14-25-6-2/h5-12,17-18H,1-2,13-16H2,3-4H3. The normalized spacial score (nSPS) is 10.7. The van der Waals surface area contributed by atoms with E-state index in [1.165, 1.54) is 12.5 Å². The van der Waals surface area contributed by atoms with E-state index in [9.17, 15) is 0 Å². The molecule has 0 aliphatic heterocycles. The molecule has 0 saturated heterocycles. The topological polar surface area (TPSA) is 36.9 Å². The molecule has 0 amide bonds. The average Bonchev–Trinajstić information content (AvgIpc) is 2.69. The number of benzene rings is 2. The smallest absolute Gasteiger partial charge is 0.122 e. The zero-order valence-electron chi connectivity index (χ0n) is 16.1. The fourth-order valence-electron chi connectivity index (χ4n) is 2.70. The number of ether oxygens (including phenoxy) is 4. The summed E-state index contributed by atoms with van der Waals surface area (Å²) in [7, 11) is 0. The van der Waals surface area contributed by atoms with Crippen molar-refractivity contribution in [2.45, 2.75) is 19.3 Å². The molecule has 4 nitrogen and oxygen atoms in total. The van der Waals surface area contributed by atoms with Crippen LogP contribution in [0.15, 0.2) is 74.2 Å². The molecule has 144 valence electrons. The molecule has 27 heavy (non-hydrogen) atoms. The van der Waals surface area contributed by atoms with Gasteiger partial charge in [0.05, 0.1) is 12.5 Å². The molecule has 2 rings (SSSR count). The molecule has 0 N–H and O–H groups in total. The third-order valence-corrected chi connectivity index (χ3v) is 4.29. The lowest BCUT2D eigenvalue weighted by Gasteiger charge is -2.27. The van der Waals surface area contributed by atoms with Gasteiger partial charge in [0, 0.05) is 5.41 Å². The molecule has 4 heteroatoms. The van der Waals surface area contributed by atoms with Crippen molar-refractivity contribution in [3.63, 3.8) is 0 Å². The fourth-order valence-corrected chi connectivity index (χ4v) is 2.70. The highest BCUT2D eigenvalue weighted by Gasteiger charge is 2.24. The Bertz CT molecular complexity index is 675. The van der Waals surface area contributed by atoms with Gasteiger partial charge >= 0.3 is 0 Å². The van der Waals surface area contributed by atoms with Crippen molar-refractivity contribution in [2.75, 3.05) is 26.4 Å². The summed E-state index contributed by atoms with van der Waals surface area (Å²) in [5.41, 5.74) is 2.13. The average molecular weight is 368 g/mol. The maximum atomic E-state index is 5.76. The maximum absolute atomic E-state index is 5.76. The van der Waals surface area contributed by atoms with Gasteiger partial charge in [-0.2, -0.15) is 0 Å². The van der Waals surface area contributed by atoms with E-state index in [4.69, 9.17) is 18.9 Å². The van der Waals surface area contributed by atoms with Crippen LogP contribution in [0, 0.1) is 0 Å². The Morgan fingerprint density at radius 1 is 0.741 bits per heavy atom. The lowest BCUT2D eigenvalue weighted by molar-refractivity contribution is 0.179. The van der Waals surface area contributed by atoms with Crippen molar-refractivity contribution in [3.05, 3.63) is 85.3 Å². The Balaban J connectivity index is 2.10. The summed E-state index contributed by atoms with van der Waals surface area (Å²) in [6.07, 6.45) is 2.84. The summed E-state index contributed by atoms with van der Waals surface area (Å²) in [6.45, 7) is 13.3. The van der Waals surface area contributed by atoms with E-state index in [0.29, 0.717) is 26.4 Å². The first-order valence-corrected chi connectivity index (χ1v) is 8.99. The van der Waals surface area contributed by atoms with Crippen LogP contribution in [0.2, 0.25) is 0 Å². The number of hydrogen-bond donors (Lipinski definition) is 0. The van der Waals surface area contributed by atoms with E-state index >= 15 is 0 Å². The molecule has 0 aliphatic rings. The summed E-state index contributed by atoms with van der Waals surface area (Å²) in [4.78, 5) is 0. The molecule has 2 aromatic rings. The van der Waals surface area contributed by atoms with E-state index in [1.807, 2.05) is 24.3 Å². The van der Waals surface area contributed by atoms with Gasteiger partial charge < -0.3 is 18.9 Å². The maximum Gasteiger partial charge on any atom is 0.122 e.